The zero-order valence-electron chi connectivity index (χ0n) is 23.8. The molecule has 0 bridgehead atoms. The van der Waals surface area contributed by atoms with Crippen molar-refractivity contribution in [3.63, 3.8) is 0 Å². The number of unbranched alkanes of at least 4 members (excludes halogenated alkanes) is 7. The summed E-state index contributed by atoms with van der Waals surface area (Å²) in [5.41, 5.74) is -1.08. The monoisotopic (exact) mass is 568 g/mol. The Bertz CT molecular complexity index is 1670. The Morgan fingerprint density at radius 2 is 1.12 bits per heavy atom. The van der Waals surface area contributed by atoms with E-state index in [1.54, 1.807) is 72.8 Å². The molecule has 5 aromatic rings. The minimum atomic E-state index is -1.17. The maximum absolute atomic E-state index is 13.3. The van der Waals surface area contributed by atoms with Crippen molar-refractivity contribution in [2.45, 2.75) is 64.2 Å². The Balaban J connectivity index is 1.46. The predicted octanol–water partition coefficient (Wildman–Crippen LogP) is 8.01. The second-order valence-corrected chi connectivity index (χ2v) is 10.6. The van der Waals surface area contributed by atoms with E-state index in [9.17, 15) is 19.8 Å². The number of ether oxygens (including phenoxy) is 1. The number of rotatable bonds is 13. The summed E-state index contributed by atoms with van der Waals surface area (Å²) in [5, 5.41) is 23.3. The highest BCUT2D eigenvalue weighted by molar-refractivity contribution is 5.86. The molecule has 0 aliphatic heterocycles. The normalized spacial score (nSPS) is 11.5. The van der Waals surface area contributed by atoms with Gasteiger partial charge in [-0.1, -0.05) is 88.3 Å². The quantitative estimate of drug-likeness (QED) is 0.109. The fourth-order valence-electron chi connectivity index (χ4n) is 5.47. The molecule has 0 radical (unpaired) electrons. The number of hydrogen-bond acceptors (Lipinski definition) is 7. The Morgan fingerprint density at radius 1 is 0.643 bits per heavy atom. The van der Waals surface area contributed by atoms with Crippen LogP contribution in [0.3, 0.4) is 0 Å². The summed E-state index contributed by atoms with van der Waals surface area (Å²) >= 11 is 0. The number of aromatic hydroxyl groups is 2. The predicted molar refractivity (Wildman–Crippen MR) is 164 cm³/mol. The minimum Gasteiger partial charge on any atom is -0.507 e. The summed E-state index contributed by atoms with van der Waals surface area (Å²) in [7, 11) is 0. The maximum atomic E-state index is 13.3. The van der Waals surface area contributed by atoms with Gasteiger partial charge in [0.25, 0.3) is 0 Å². The van der Waals surface area contributed by atoms with Gasteiger partial charge in [-0.2, -0.15) is 0 Å². The average molecular weight is 569 g/mol. The van der Waals surface area contributed by atoms with Crippen LogP contribution in [0.25, 0.3) is 21.9 Å². The third-order valence-corrected chi connectivity index (χ3v) is 7.70. The second kappa shape index (κ2) is 13.4. The van der Waals surface area contributed by atoms with Gasteiger partial charge in [0, 0.05) is 0 Å². The second-order valence-electron chi connectivity index (χ2n) is 10.6. The smallest absolute Gasteiger partial charge is 0.344 e. The lowest BCUT2D eigenvalue weighted by molar-refractivity contribution is 0.304. The molecule has 0 fully saturated rings. The molecule has 2 heterocycles. The van der Waals surface area contributed by atoms with Crippen LogP contribution in [-0.4, -0.2) is 16.8 Å². The molecule has 2 N–H and O–H groups in total. The lowest BCUT2D eigenvalue weighted by Crippen LogP contribution is -2.21. The van der Waals surface area contributed by atoms with Gasteiger partial charge in [-0.05, 0) is 48.4 Å². The van der Waals surface area contributed by atoms with E-state index in [4.69, 9.17) is 13.6 Å². The first-order valence-corrected chi connectivity index (χ1v) is 14.7. The highest BCUT2D eigenvalue weighted by atomic mass is 16.5. The van der Waals surface area contributed by atoms with E-state index >= 15 is 0 Å². The highest BCUT2D eigenvalue weighted by Gasteiger charge is 2.32. The van der Waals surface area contributed by atoms with Gasteiger partial charge in [0.2, 0.25) is 0 Å². The number of benzene rings is 3. The van der Waals surface area contributed by atoms with Crippen molar-refractivity contribution >= 4 is 21.9 Å². The van der Waals surface area contributed by atoms with Gasteiger partial charge in [0.05, 0.1) is 34.4 Å². The third-order valence-electron chi connectivity index (χ3n) is 7.70. The van der Waals surface area contributed by atoms with Crippen LogP contribution in [0, 0.1) is 0 Å². The van der Waals surface area contributed by atoms with E-state index in [1.807, 2.05) is 0 Å². The molecule has 0 spiro atoms. The van der Waals surface area contributed by atoms with E-state index in [2.05, 4.69) is 6.92 Å². The number of hydrogen-bond donors (Lipinski definition) is 2. The molecular weight excluding hydrogens is 532 g/mol. The summed E-state index contributed by atoms with van der Waals surface area (Å²) < 4.78 is 17.0. The lowest BCUT2D eigenvalue weighted by Gasteiger charge is -2.20. The van der Waals surface area contributed by atoms with E-state index in [1.165, 1.54) is 38.5 Å². The molecule has 2 aromatic heterocycles. The Morgan fingerprint density at radius 3 is 1.64 bits per heavy atom. The molecule has 0 atom stereocenters. The summed E-state index contributed by atoms with van der Waals surface area (Å²) in [6.45, 7) is 2.81. The van der Waals surface area contributed by atoms with Gasteiger partial charge < -0.3 is 23.8 Å². The fraction of sp³-hybridized carbons (Fsp3) is 0.314. The van der Waals surface area contributed by atoms with Crippen LogP contribution < -0.4 is 16.0 Å². The highest BCUT2D eigenvalue weighted by Crippen LogP contribution is 2.42. The van der Waals surface area contributed by atoms with Gasteiger partial charge in [-0.3, -0.25) is 0 Å². The zero-order chi connectivity index (χ0) is 29.5. The van der Waals surface area contributed by atoms with Crippen LogP contribution >= 0.6 is 0 Å². The SMILES string of the molecule is CCCCCCCCCCOc1ccc(C(c2c(O)c3ccccc3oc2=O)c2c(O)c3ccccc3oc2=O)cc1. The van der Waals surface area contributed by atoms with E-state index in [-0.39, 0.29) is 33.8 Å². The summed E-state index contributed by atoms with van der Waals surface area (Å²) in [6, 6.07) is 20.2. The zero-order valence-corrected chi connectivity index (χ0v) is 23.8. The number of fused-ring (bicyclic) bond motifs is 2. The average Bonchev–Trinajstić information content (AvgIpc) is 3.00. The first-order chi connectivity index (χ1) is 20.5. The van der Waals surface area contributed by atoms with Crippen LogP contribution in [0.5, 0.6) is 17.2 Å². The molecule has 218 valence electrons. The minimum absolute atomic E-state index is 0.167. The van der Waals surface area contributed by atoms with Gasteiger partial charge in [-0.25, -0.2) is 9.59 Å². The summed E-state index contributed by atoms with van der Waals surface area (Å²) in [6.07, 6.45) is 9.66. The topological polar surface area (TPSA) is 110 Å². The molecule has 0 amide bonds. The lowest BCUT2D eigenvalue weighted by atomic mass is 9.84. The molecule has 0 saturated carbocycles. The van der Waals surface area contributed by atoms with Crippen molar-refractivity contribution in [1.29, 1.82) is 0 Å². The van der Waals surface area contributed by atoms with Gasteiger partial charge >= 0.3 is 11.3 Å². The van der Waals surface area contributed by atoms with Crippen molar-refractivity contribution in [3.05, 3.63) is 110 Å². The number of para-hydroxylation sites is 2. The van der Waals surface area contributed by atoms with Gasteiger partial charge in [-0.15, -0.1) is 0 Å². The summed E-state index contributed by atoms with van der Waals surface area (Å²) in [4.78, 5) is 26.7. The Hall–Kier alpha value is -4.52. The Labute approximate surface area is 244 Å². The molecule has 0 aliphatic rings. The summed E-state index contributed by atoms with van der Waals surface area (Å²) in [5.74, 6) is -1.18. The molecule has 0 aliphatic carbocycles. The molecule has 0 unspecified atom stereocenters. The standard InChI is InChI=1S/C35H36O7/c1-2-3-4-5-6-7-8-13-22-40-24-20-18-23(19-21-24)29(30-32(36)25-14-9-11-16-27(25)41-34(30)38)31-33(37)26-15-10-12-17-28(26)42-35(31)39/h9-12,14-21,29,36-37H,2-8,13,22H2,1H3. The van der Waals surface area contributed by atoms with Crippen LogP contribution in [0.1, 0.15) is 80.9 Å². The molecule has 7 nitrogen and oxygen atoms in total. The molecule has 42 heavy (non-hydrogen) atoms. The molecule has 5 rings (SSSR count). The molecule has 7 heteroatoms. The van der Waals surface area contributed by atoms with E-state index in [0.717, 1.165) is 12.8 Å². The first kappa shape index (κ1) is 29.0. The molecular formula is C35H36O7. The molecule has 0 saturated heterocycles. The van der Waals surface area contributed by atoms with Crippen molar-refractivity contribution in [2.75, 3.05) is 6.61 Å². The van der Waals surface area contributed by atoms with Gasteiger partial charge in [0.15, 0.2) is 0 Å². The van der Waals surface area contributed by atoms with Crippen LogP contribution in [0.4, 0.5) is 0 Å². The van der Waals surface area contributed by atoms with Crippen LogP contribution in [0.15, 0.2) is 91.2 Å². The van der Waals surface area contributed by atoms with Crippen LogP contribution in [-0.2, 0) is 0 Å². The Kier molecular flexibility index (Phi) is 9.27. The maximum Gasteiger partial charge on any atom is 0.344 e. The van der Waals surface area contributed by atoms with E-state index < -0.39 is 17.2 Å². The van der Waals surface area contributed by atoms with Crippen molar-refractivity contribution in [3.8, 4) is 17.2 Å². The van der Waals surface area contributed by atoms with Crippen LogP contribution in [0.2, 0.25) is 0 Å². The molecule has 3 aromatic carbocycles. The fourth-order valence-corrected chi connectivity index (χ4v) is 5.47. The largest absolute Gasteiger partial charge is 0.507 e. The van der Waals surface area contributed by atoms with Crippen molar-refractivity contribution in [2.24, 2.45) is 0 Å². The van der Waals surface area contributed by atoms with Gasteiger partial charge in [0.1, 0.15) is 28.4 Å². The van der Waals surface area contributed by atoms with Crippen molar-refractivity contribution < 1.29 is 23.8 Å². The van der Waals surface area contributed by atoms with E-state index in [0.29, 0.717) is 28.7 Å². The third kappa shape index (κ3) is 6.20. The van der Waals surface area contributed by atoms with Crippen molar-refractivity contribution in [1.82, 2.24) is 0 Å². The first-order valence-electron chi connectivity index (χ1n) is 14.7.